The minimum Gasteiger partial charge on any atom is -0.350 e. The Morgan fingerprint density at radius 2 is 1.33 bits per heavy atom. The Labute approximate surface area is 137 Å². The molecule has 0 N–H and O–H groups in total. The Balaban J connectivity index is 2.15. The number of alkyl halides is 3. The lowest BCUT2D eigenvalue weighted by atomic mass is 10.0. The van der Waals surface area contributed by atoms with Crippen LogP contribution in [0.1, 0.15) is 11.1 Å². The molecule has 0 amide bonds. The topological polar surface area (TPSA) is 12.5 Å². The van der Waals surface area contributed by atoms with Crippen molar-refractivity contribution in [1.82, 2.24) is 0 Å². The molecule has 3 unspecified atom stereocenters. The molecule has 2 aliphatic carbocycles. The second-order valence-electron chi connectivity index (χ2n) is 4.52. The maximum Gasteiger partial charge on any atom is 0.178 e. The van der Waals surface area contributed by atoms with Crippen LogP contribution < -0.4 is 0 Å². The molecule has 3 atom stereocenters. The lowest BCUT2D eigenvalue weighted by Gasteiger charge is -2.29. The number of fused-ring (bicyclic) bond motifs is 1. The summed E-state index contributed by atoms with van der Waals surface area (Å²) < 4.78 is 4.19. The predicted octanol–water partition coefficient (Wildman–Crippen LogP) is 5.53. The van der Waals surface area contributed by atoms with Gasteiger partial charge in [0.05, 0.1) is 20.1 Å². The molecule has 0 aromatic heterocycles. The van der Waals surface area contributed by atoms with Gasteiger partial charge < -0.3 is 4.74 Å². The zero-order valence-corrected chi connectivity index (χ0v) is 13.4. The van der Waals surface area contributed by atoms with Gasteiger partial charge in [-0.3, -0.25) is 0 Å². The first kappa shape index (κ1) is 12.9. The lowest BCUT2D eigenvalue weighted by Crippen LogP contribution is -2.32. The van der Waals surface area contributed by atoms with Crippen LogP contribution in [-0.2, 0) is 14.7 Å². The fourth-order valence-corrected chi connectivity index (χ4v) is 5.86. The number of hydrogen-bond acceptors (Lipinski definition) is 1. The monoisotopic (exact) mass is 382 g/mol. The molecule has 1 saturated carbocycles. The van der Waals surface area contributed by atoms with Gasteiger partial charge in [0.2, 0.25) is 0 Å². The zero-order chi connectivity index (χ0) is 13.2. The molecular formula is C10HCl7O. The number of halogens is 7. The second-order valence-corrected chi connectivity index (χ2v) is 7.79. The van der Waals surface area contributed by atoms with Crippen molar-refractivity contribution in [2.75, 3.05) is 0 Å². The summed E-state index contributed by atoms with van der Waals surface area (Å²) in [5.74, 6) is 0. The van der Waals surface area contributed by atoms with Gasteiger partial charge in [0.1, 0.15) is 11.0 Å². The number of rotatable bonds is 0. The first-order valence-corrected chi connectivity index (χ1v) is 7.54. The maximum atomic E-state index is 6.38. The van der Waals surface area contributed by atoms with Crippen molar-refractivity contribution >= 4 is 81.2 Å². The number of ether oxygens (including phenoxy) is 1. The normalized spacial score (nSPS) is 41.2. The fourth-order valence-electron chi connectivity index (χ4n) is 2.94. The molecule has 0 bridgehead atoms. The Morgan fingerprint density at radius 1 is 0.833 bits per heavy atom. The third-order valence-corrected chi connectivity index (χ3v) is 7.24. The Morgan fingerprint density at radius 3 is 1.83 bits per heavy atom. The van der Waals surface area contributed by atoms with Gasteiger partial charge in [-0.1, -0.05) is 69.6 Å². The molecule has 1 saturated heterocycles. The highest BCUT2D eigenvalue weighted by Gasteiger charge is 3.05. The molecule has 1 heterocycles. The van der Waals surface area contributed by atoms with Crippen LogP contribution in [0.3, 0.4) is 0 Å². The first-order valence-electron chi connectivity index (χ1n) is 4.84. The highest BCUT2D eigenvalue weighted by atomic mass is 35.5. The van der Waals surface area contributed by atoms with E-state index in [4.69, 9.17) is 85.9 Å². The number of hydrogen-bond donors (Lipinski definition) is 0. The van der Waals surface area contributed by atoms with E-state index in [9.17, 15) is 0 Å². The van der Waals surface area contributed by atoms with Gasteiger partial charge in [-0.25, -0.2) is 0 Å². The molecule has 2 fully saturated rings. The SMILES string of the molecule is Clc1c(Cl)c(Cl)c2c(c1Cl)C(Cl)(Cl)C13OC21C3Cl. The van der Waals surface area contributed by atoms with Gasteiger partial charge >= 0.3 is 0 Å². The number of epoxide rings is 1. The average molecular weight is 385 g/mol. The summed E-state index contributed by atoms with van der Waals surface area (Å²) in [4.78, 5) is 0. The van der Waals surface area contributed by atoms with Crippen molar-refractivity contribution in [3.63, 3.8) is 0 Å². The van der Waals surface area contributed by atoms with Crippen LogP contribution in [0.25, 0.3) is 0 Å². The largest absolute Gasteiger partial charge is 0.350 e. The molecule has 0 radical (unpaired) electrons. The fraction of sp³-hybridized carbons (Fsp3) is 0.400. The van der Waals surface area contributed by atoms with Crippen molar-refractivity contribution in [2.24, 2.45) is 0 Å². The molecular weight excluding hydrogens is 384 g/mol. The van der Waals surface area contributed by atoms with E-state index in [1.165, 1.54) is 0 Å². The average Bonchev–Trinajstić information content (AvgIpc) is 3.12. The zero-order valence-electron chi connectivity index (χ0n) is 8.13. The van der Waals surface area contributed by atoms with Crippen molar-refractivity contribution in [2.45, 2.75) is 20.9 Å². The van der Waals surface area contributed by atoms with E-state index < -0.39 is 15.5 Å². The highest BCUT2D eigenvalue weighted by Crippen LogP contribution is 2.92. The van der Waals surface area contributed by atoms with Gasteiger partial charge in [0, 0.05) is 11.1 Å². The van der Waals surface area contributed by atoms with Gasteiger partial charge in [-0.05, 0) is 0 Å². The summed E-state index contributed by atoms with van der Waals surface area (Å²) in [6.45, 7) is 0. The van der Waals surface area contributed by atoms with Crippen LogP contribution in [0.5, 0.6) is 0 Å². The van der Waals surface area contributed by atoms with E-state index in [2.05, 4.69) is 0 Å². The molecule has 4 rings (SSSR count). The molecule has 96 valence electrons. The maximum absolute atomic E-state index is 6.38. The first-order chi connectivity index (χ1) is 8.25. The summed E-state index contributed by atoms with van der Waals surface area (Å²) >= 11 is 43.4. The van der Waals surface area contributed by atoms with E-state index in [0.29, 0.717) is 11.1 Å². The van der Waals surface area contributed by atoms with Crippen molar-refractivity contribution < 1.29 is 4.74 Å². The van der Waals surface area contributed by atoms with Crippen molar-refractivity contribution in [1.29, 1.82) is 0 Å². The van der Waals surface area contributed by atoms with E-state index in [1.807, 2.05) is 0 Å². The Kier molecular flexibility index (Phi) is 2.28. The standard InChI is InChI=1S/C10HCl7O/c11-3-1-2(4(12)6(14)5(3)13)10(16,17)9-7(15)8(1,9)18-9/h7H. The summed E-state index contributed by atoms with van der Waals surface area (Å²) in [7, 11) is 0. The Bertz CT molecular complexity index is 642. The Hall–Kier alpha value is 1.21. The van der Waals surface area contributed by atoms with Gasteiger partial charge in [0.15, 0.2) is 9.93 Å². The van der Waals surface area contributed by atoms with Crippen molar-refractivity contribution in [3.8, 4) is 0 Å². The smallest absolute Gasteiger partial charge is 0.178 e. The lowest BCUT2D eigenvalue weighted by molar-refractivity contribution is 0.155. The number of benzene rings is 1. The van der Waals surface area contributed by atoms with Crippen LogP contribution in [0.15, 0.2) is 0 Å². The van der Waals surface area contributed by atoms with Crippen LogP contribution in [0.2, 0.25) is 20.1 Å². The minimum atomic E-state index is -1.37. The molecule has 1 aromatic rings. The van der Waals surface area contributed by atoms with Gasteiger partial charge in [-0.15, -0.1) is 11.6 Å². The molecule has 0 spiro atoms. The molecule has 1 nitrogen and oxygen atoms in total. The van der Waals surface area contributed by atoms with E-state index in [0.717, 1.165) is 0 Å². The molecule has 1 aromatic carbocycles. The summed E-state index contributed by atoms with van der Waals surface area (Å²) in [6, 6.07) is 0. The van der Waals surface area contributed by atoms with Crippen LogP contribution >= 0.6 is 81.2 Å². The highest BCUT2D eigenvalue weighted by molar-refractivity contribution is 6.57. The molecule has 8 heteroatoms. The van der Waals surface area contributed by atoms with E-state index >= 15 is 0 Å². The van der Waals surface area contributed by atoms with Crippen LogP contribution in [0.4, 0.5) is 0 Å². The third-order valence-electron chi connectivity index (χ3n) is 3.88. The summed E-state index contributed by atoms with van der Waals surface area (Å²) in [6.07, 6.45) is 0. The predicted molar refractivity (Wildman–Crippen MR) is 75.0 cm³/mol. The van der Waals surface area contributed by atoms with Gasteiger partial charge in [-0.2, -0.15) is 0 Å². The molecule has 18 heavy (non-hydrogen) atoms. The van der Waals surface area contributed by atoms with Gasteiger partial charge in [0.25, 0.3) is 0 Å². The quantitative estimate of drug-likeness (QED) is 0.248. The second kappa shape index (κ2) is 3.18. The molecule has 3 aliphatic rings. The van der Waals surface area contributed by atoms with Crippen LogP contribution in [0, 0.1) is 0 Å². The third kappa shape index (κ3) is 0.944. The van der Waals surface area contributed by atoms with Crippen LogP contribution in [-0.4, -0.2) is 11.0 Å². The summed E-state index contributed by atoms with van der Waals surface area (Å²) in [5, 5.41) is 0.395. The van der Waals surface area contributed by atoms with E-state index in [1.54, 1.807) is 0 Å². The summed E-state index contributed by atoms with van der Waals surface area (Å²) in [5.41, 5.74) is -0.597. The van der Waals surface area contributed by atoms with E-state index in [-0.39, 0.29) is 25.5 Å². The minimum absolute atomic E-state index is 0.132. The van der Waals surface area contributed by atoms with Crippen molar-refractivity contribution in [3.05, 3.63) is 31.2 Å². The molecule has 1 aliphatic heterocycles.